The van der Waals surface area contributed by atoms with E-state index >= 15 is 0 Å². The molecule has 2 aromatic rings. The van der Waals surface area contributed by atoms with Crippen molar-refractivity contribution in [2.24, 2.45) is 0 Å². The molecule has 0 saturated heterocycles. The zero-order chi connectivity index (χ0) is 13.1. The third kappa shape index (κ3) is 2.79. The standard InChI is InChI=1S/C12H13N5O/c1-7-5-8(2)14-11(6-7)15-12(18)9-3-4-10(13)17-16-9/h3-6H,1-2H3,(H2,13,17)(H,14,15,18). The van der Waals surface area contributed by atoms with Gasteiger partial charge in [0, 0.05) is 5.69 Å². The van der Waals surface area contributed by atoms with Crippen LogP contribution in [0.1, 0.15) is 21.7 Å². The van der Waals surface area contributed by atoms with Crippen LogP contribution >= 0.6 is 0 Å². The number of nitrogens with two attached hydrogens (primary N) is 1. The summed E-state index contributed by atoms with van der Waals surface area (Å²) < 4.78 is 0. The quantitative estimate of drug-likeness (QED) is 0.829. The molecule has 18 heavy (non-hydrogen) atoms. The van der Waals surface area contributed by atoms with E-state index in [1.807, 2.05) is 19.9 Å². The van der Waals surface area contributed by atoms with Crippen LogP contribution in [0.5, 0.6) is 0 Å². The van der Waals surface area contributed by atoms with Gasteiger partial charge in [0.25, 0.3) is 5.91 Å². The third-order valence-corrected chi connectivity index (χ3v) is 2.26. The topological polar surface area (TPSA) is 93.8 Å². The van der Waals surface area contributed by atoms with Gasteiger partial charge in [-0.05, 0) is 43.7 Å². The number of nitrogens with zero attached hydrogens (tertiary/aromatic N) is 3. The highest BCUT2D eigenvalue weighted by atomic mass is 16.2. The molecule has 92 valence electrons. The number of hydrogen-bond acceptors (Lipinski definition) is 5. The van der Waals surface area contributed by atoms with Crippen LogP contribution in [0.2, 0.25) is 0 Å². The van der Waals surface area contributed by atoms with Gasteiger partial charge in [-0.25, -0.2) is 4.98 Å². The van der Waals surface area contributed by atoms with Gasteiger partial charge in [-0.15, -0.1) is 10.2 Å². The molecule has 2 rings (SSSR count). The zero-order valence-electron chi connectivity index (χ0n) is 10.1. The second kappa shape index (κ2) is 4.79. The number of nitrogens with one attached hydrogen (secondary N) is 1. The largest absolute Gasteiger partial charge is 0.382 e. The van der Waals surface area contributed by atoms with Crippen molar-refractivity contribution >= 4 is 17.5 Å². The van der Waals surface area contributed by atoms with Gasteiger partial charge in [0.2, 0.25) is 0 Å². The molecule has 2 aromatic heterocycles. The number of amides is 1. The Morgan fingerprint density at radius 3 is 2.61 bits per heavy atom. The van der Waals surface area contributed by atoms with Crippen LogP contribution in [0.3, 0.4) is 0 Å². The number of carbonyl (C=O) groups excluding carboxylic acids is 1. The molecule has 0 bridgehead atoms. The van der Waals surface area contributed by atoms with Gasteiger partial charge in [-0.3, -0.25) is 4.79 Å². The fraction of sp³-hybridized carbons (Fsp3) is 0.167. The van der Waals surface area contributed by atoms with Gasteiger partial charge in [0.15, 0.2) is 5.69 Å². The summed E-state index contributed by atoms with van der Waals surface area (Å²) >= 11 is 0. The number of hydrogen-bond donors (Lipinski definition) is 2. The Labute approximate surface area is 104 Å². The van der Waals surface area contributed by atoms with Gasteiger partial charge in [-0.1, -0.05) is 0 Å². The van der Waals surface area contributed by atoms with E-state index in [4.69, 9.17) is 5.73 Å². The maximum atomic E-state index is 11.9. The molecule has 2 heterocycles. The lowest BCUT2D eigenvalue weighted by atomic mass is 10.2. The first kappa shape index (κ1) is 12.0. The molecule has 0 unspecified atom stereocenters. The van der Waals surface area contributed by atoms with Gasteiger partial charge in [0.1, 0.15) is 11.6 Å². The molecular formula is C12H13N5O. The Morgan fingerprint density at radius 1 is 1.22 bits per heavy atom. The van der Waals surface area contributed by atoms with Crippen molar-refractivity contribution < 1.29 is 4.79 Å². The number of aryl methyl sites for hydroxylation is 2. The molecule has 6 nitrogen and oxygen atoms in total. The Morgan fingerprint density at radius 2 is 2.00 bits per heavy atom. The van der Waals surface area contributed by atoms with E-state index in [9.17, 15) is 4.79 Å². The number of anilines is 2. The predicted octanol–water partition coefficient (Wildman–Crippen LogP) is 1.32. The van der Waals surface area contributed by atoms with E-state index in [2.05, 4.69) is 20.5 Å². The van der Waals surface area contributed by atoms with E-state index in [1.165, 1.54) is 12.1 Å². The van der Waals surface area contributed by atoms with E-state index in [0.29, 0.717) is 5.82 Å². The molecule has 6 heteroatoms. The maximum absolute atomic E-state index is 11.9. The van der Waals surface area contributed by atoms with Crippen molar-refractivity contribution in [2.75, 3.05) is 11.1 Å². The van der Waals surface area contributed by atoms with Crippen LogP contribution in [0.4, 0.5) is 11.6 Å². The van der Waals surface area contributed by atoms with Crippen molar-refractivity contribution in [3.63, 3.8) is 0 Å². The average Bonchev–Trinajstić information content (AvgIpc) is 2.28. The summed E-state index contributed by atoms with van der Waals surface area (Å²) in [6.07, 6.45) is 0. The summed E-state index contributed by atoms with van der Waals surface area (Å²) in [6.45, 7) is 3.80. The summed E-state index contributed by atoms with van der Waals surface area (Å²) in [5.74, 6) is 0.409. The molecule has 0 radical (unpaired) electrons. The highest BCUT2D eigenvalue weighted by Gasteiger charge is 2.09. The minimum Gasteiger partial charge on any atom is -0.382 e. The first-order valence-electron chi connectivity index (χ1n) is 5.40. The monoisotopic (exact) mass is 243 g/mol. The summed E-state index contributed by atoms with van der Waals surface area (Å²) in [7, 11) is 0. The highest BCUT2D eigenvalue weighted by molar-refractivity contribution is 6.02. The second-order valence-electron chi connectivity index (χ2n) is 3.97. The van der Waals surface area contributed by atoms with Crippen molar-refractivity contribution in [1.29, 1.82) is 0 Å². The fourth-order valence-corrected chi connectivity index (χ4v) is 1.55. The minimum absolute atomic E-state index is 0.199. The van der Waals surface area contributed by atoms with Crippen LogP contribution in [0, 0.1) is 13.8 Å². The molecule has 0 aliphatic rings. The smallest absolute Gasteiger partial charge is 0.277 e. The molecule has 0 fully saturated rings. The lowest BCUT2D eigenvalue weighted by Gasteiger charge is -2.05. The first-order valence-corrected chi connectivity index (χ1v) is 5.40. The number of carbonyl (C=O) groups is 1. The van der Waals surface area contributed by atoms with Crippen molar-refractivity contribution in [3.8, 4) is 0 Å². The van der Waals surface area contributed by atoms with E-state index in [-0.39, 0.29) is 17.4 Å². The van der Waals surface area contributed by atoms with Crippen LogP contribution in [-0.4, -0.2) is 21.1 Å². The predicted molar refractivity (Wildman–Crippen MR) is 68.1 cm³/mol. The van der Waals surface area contributed by atoms with E-state index in [0.717, 1.165) is 11.3 Å². The van der Waals surface area contributed by atoms with Crippen LogP contribution < -0.4 is 11.1 Å². The fourth-order valence-electron chi connectivity index (χ4n) is 1.55. The molecule has 0 atom stereocenters. The minimum atomic E-state index is -0.361. The van der Waals surface area contributed by atoms with Gasteiger partial charge in [-0.2, -0.15) is 0 Å². The zero-order valence-corrected chi connectivity index (χ0v) is 10.1. The number of pyridine rings is 1. The van der Waals surface area contributed by atoms with Gasteiger partial charge in [0.05, 0.1) is 0 Å². The molecule has 1 amide bonds. The summed E-state index contributed by atoms with van der Waals surface area (Å²) in [5, 5.41) is 9.99. The molecule has 0 spiro atoms. The Hall–Kier alpha value is -2.50. The molecule has 0 aromatic carbocycles. The molecule has 0 saturated carbocycles. The number of aromatic nitrogens is 3. The van der Waals surface area contributed by atoms with Crippen molar-refractivity contribution in [3.05, 3.63) is 41.2 Å². The summed E-state index contributed by atoms with van der Waals surface area (Å²) in [6, 6.07) is 6.76. The maximum Gasteiger partial charge on any atom is 0.277 e. The lowest BCUT2D eigenvalue weighted by molar-refractivity contribution is 0.102. The molecule has 0 aliphatic carbocycles. The molecular weight excluding hydrogens is 230 g/mol. The Balaban J connectivity index is 2.18. The average molecular weight is 243 g/mol. The van der Waals surface area contributed by atoms with Crippen molar-refractivity contribution in [1.82, 2.24) is 15.2 Å². The number of rotatable bonds is 2. The van der Waals surface area contributed by atoms with Crippen LogP contribution in [0.25, 0.3) is 0 Å². The van der Waals surface area contributed by atoms with Gasteiger partial charge >= 0.3 is 0 Å². The molecule has 0 aliphatic heterocycles. The second-order valence-corrected chi connectivity index (χ2v) is 3.97. The van der Waals surface area contributed by atoms with Gasteiger partial charge < -0.3 is 11.1 Å². The Kier molecular flexibility index (Phi) is 3.18. The lowest BCUT2D eigenvalue weighted by Crippen LogP contribution is -2.15. The number of nitrogen functional groups attached to an aromatic ring is 1. The normalized spacial score (nSPS) is 10.1. The van der Waals surface area contributed by atoms with Crippen LogP contribution in [0.15, 0.2) is 24.3 Å². The van der Waals surface area contributed by atoms with Crippen molar-refractivity contribution in [2.45, 2.75) is 13.8 Å². The SMILES string of the molecule is Cc1cc(C)nc(NC(=O)c2ccc(N)nn2)c1. The third-order valence-electron chi connectivity index (χ3n) is 2.26. The first-order chi connectivity index (χ1) is 8.54. The Bertz CT molecular complexity index is 559. The van der Waals surface area contributed by atoms with E-state index < -0.39 is 0 Å². The summed E-state index contributed by atoms with van der Waals surface area (Å²) in [4.78, 5) is 16.1. The van der Waals surface area contributed by atoms with Crippen LogP contribution in [-0.2, 0) is 0 Å². The molecule has 3 N–H and O–H groups in total. The van der Waals surface area contributed by atoms with E-state index in [1.54, 1.807) is 6.07 Å². The summed E-state index contributed by atoms with van der Waals surface area (Å²) in [5.41, 5.74) is 7.47. The highest BCUT2D eigenvalue weighted by Crippen LogP contribution is 2.10.